The third kappa shape index (κ3) is 9.13. The molecular formula is C18H32N8O6S. The van der Waals surface area contributed by atoms with Crippen molar-refractivity contribution in [2.24, 2.45) is 27.9 Å². The number of hydrogen-bond acceptors (Lipinski definition) is 8. The summed E-state index contributed by atoms with van der Waals surface area (Å²) >= 11 is 4.07. The van der Waals surface area contributed by atoms with Gasteiger partial charge >= 0.3 is 5.97 Å². The van der Waals surface area contributed by atoms with E-state index < -0.39 is 53.8 Å². The first kappa shape index (κ1) is 28.0. The molecule has 1 aliphatic rings. The second kappa shape index (κ2) is 13.5. The van der Waals surface area contributed by atoms with Crippen LogP contribution >= 0.6 is 12.6 Å². The van der Waals surface area contributed by atoms with Crippen molar-refractivity contribution in [1.29, 1.82) is 0 Å². The predicted molar refractivity (Wildman–Crippen MR) is 122 cm³/mol. The van der Waals surface area contributed by atoms with Gasteiger partial charge in [-0.3, -0.25) is 24.2 Å². The Morgan fingerprint density at radius 2 is 1.79 bits per heavy atom. The maximum Gasteiger partial charge on any atom is 0.326 e. The molecule has 4 amide bonds. The van der Waals surface area contributed by atoms with E-state index in [0.717, 1.165) is 0 Å². The summed E-state index contributed by atoms with van der Waals surface area (Å²) in [6.45, 7) is 0.455. The summed E-state index contributed by atoms with van der Waals surface area (Å²) in [5.41, 5.74) is 21.2. The maximum absolute atomic E-state index is 12.8. The topological polar surface area (TPSA) is 249 Å². The molecule has 0 spiro atoms. The Bertz CT molecular complexity index is 775. The van der Waals surface area contributed by atoms with E-state index in [9.17, 15) is 29.1 Å². The van der Waals surface area contributed by atoms with Crippen molar-refractivity contribution in [2.45, 2.75) is 56.3 Å². The molecule has 0 bridgehead atoms. The lowest BCUT2D eigenvalue weighted by Crippen LogP contribution is -2.57. The van der Waals surface area contributed by atoms with Gasteiger partial charge in [-0.25, -0.2) is 4.79 Å². The number of carbonyl (C=O) groups is 5. The van der Waals surface area contributed by atoms with E-state index in [0.29, 0.717) is 19.3 Å². The molecule has 186 valence electrons. The van der Waals surface area contributed by atoms with E-state index in [1.165, 1.54) is 4.90 Å². The van der Waals surface area contributed by atoms with E-state index in [4.69, 9.17) is 22.9 Å². The van der Waals surface area contributed by atoms with Crippen molar-refractivity contribution in [3.05, 3.63) is 0 Å². The molecule has 1 saturated heterocycles. The van der Waals surface area contributed by atoms with Gasteiger partial charge in [-0.15, -0.1) is 0 Å². The summed E-state index contributed by atoms with van der Waals surface area (Å²) in [7, 11) is 0. The van der Waals surface area contributed by atoms with Crippen LogP contribution in [0.25, 0.3) is 0 Å². The number of primary amides is 1. The molecule has 1 heterocycles. The SMILES string of the molecule is NC(=O)CC(N)C(=O)N1CCCC1C(=O)NC(CS)C(=O)NC(CCCN=C(N)N)C(=O)O. The Morgan fingerprint density at radius 1 is 1.12 bits per heavy atom. The molecule has 1 fully saturated rings. The van der Waals surface area contributed by atoms with Gasteiger partial charge < -0.3 is 43.6 Å². The van der Waals surface area contributed by atoms with Crippen LogP contribution in [0.15, 0.2) is 4.99 Å². The minimum atomic E-state index is -1.26. The van der Waals surface area contributed by atoms with Crippen LogP contribution in [-0.4, -0.2) is 88.6 Å². The number of carbonyl (C=O) groups excluding carboxylic acids is 4. The molecule has 1 rings (SSSR count). The standard InChI is InChI=1S/C18H32N8O6S/c19-9(7-13(20)27)16(30)26-6-2-4-12(26)15(29)25-11(8-33)14(28)24-10(17(31)32)3-1-5-23-18(21)22/h9-12,33H,1-8,19H2,(H2,20,27)(H,24,28)(H,25,29)(H,31,32)(H4,21,22,23). The number of rotatable bonds is 13. The molecular weight excluding hydrogens is 456 g/mol. The van der Waals surface area contributed by atoms with Gasteiger partial charge in [0.05, 0.1) is 12.5 Å². The van der Waals surface area contributed by atoms with Gasteiger partial charge in [0, 0.05) is 18.8 Å². The summed E-state index contributed by atoms with van der Waals surface area (Å²) in [6, 6.07) is -4.42. The largest absolute Gasteiger partial charge is 0.480 e. The normalized spacial score (nSPS) is 18.0. The number of hydrogen-bond donors (Lipinski definition) is 8. The average molecular weight is 489 g/mol. The molecule has 11 N–H and O–H groups in total. The van der Waals surface area contributed by atoms with E-state index in [-0.39, 0.29) is 37.6 Å². The fourth-order valence-corrected chi connectivity index (χ4v) is 3.57. The third-order valence-electron chi connectivity index (χ3n) is 4.95. The molecule has 4 unspecified atom stereocenters. The fourth-order valence-electron chi connectivity index (χ4n) is 3.32. The number of likely N-dealkylation sites (tertiary alicyclic amines) is 1. The van der Waals surface area contributed by atoms with Gasteiger partial charge in [0.25, 0.3) is 0 Å². The molecule has 4 atom stereocenters. The lowest BCUT2D eigenvalue weighted by Gasteiger charge is -2.28. The number of amides is 4. The average Bonchev–Trinajstić information content (AvgIpc) is 3.22. The molecule has 33 heavy (non-hydrogen) atoms. The van der Waals surface area contributed by atoms with Crippen molar-refractivity contribution >= 4 is 48.2 Å². The van der Waals surface area contributed by atoms with Crippen molar-refractivity contribution in [1.82, 2.24) is 15.5 Å². The number of carboxylic acid groups (broad SMARTS) is 1. The summed E-state index contributed by atoms with van der Waals surface area (Å²) in [5, 5.41) is 14.2. The number of aliphatic carboxylic acids is 1. The highest BCUT2D eigenvalue weighted by Gasteiger charge is 2.38. The molecule has 0 aromatic rings. The first-order chi connectivity index (χ1) is 15.5. The molecule has 14 nitrogen and oxygen atoms in total. The smallest absolute Gasteiger partial charge is 0.326 e. The monoisotopic (exact) mass is 488 g/mol. The van der Waals surface area contributed by atoms with Gasteiger partial charge in [0.15, 0.2) is 5.96 Å². The van der Waals surface area contributed by atoms with Crippen LogP contribution in [0, 0.1) is 0 Å². The van der Waals surface area contributed by atoms with Crippen LogP contribution in [0.2, 0.25) is 0 Å². The Morgan fingerprint density at radius 3 is 2.33 bits per heavy atom. The Balaban J connectivity index is 2.74. The van der Waals surface area contributed by atoms with Crippen molar-refractivity contribution in [2.75, 3.05) is 18.8 Å². The summed E-state index contributed by atoms with van der Waals surface area (Å²) in [5.74, 6) is -4.18. The number of nitrogens with two attached hydrogens (primary N) is 4. The zero-order valence-electron chi connectivity index (χ0n) is 18.1. The van der Waals surface area contributed by atoms with Crippen molar-refractivity contribution in [3.8, 4) is 0 Å². The molecule has 15 heteroatoms. The Labute approximate surface area is 196 Å². The molecule has 0 radical (unpaired) electrons. The number of guanidine groups is 1. The van der Waals surface area contributed by atoms with Crippen molar-refractivity contribution < 1.29 is 29.1 Å². The van der Waals surface area contributed by atoms with Gasteiger partial charge in [0.2, 0.25) is 23.6 Å². The van der Waals surface area contributed by atoms with Crippen molar-refractivity contribution in [3.63, 3.8) is 0 Å². The van der Waals surface area contributed by atoms with Crippen LogP contribution in [0.5, 0.6) is 0 Å². The number of thiol groups is 1. The van der Waals surface area contributed by atoms with Gasteiger partial charge in [0.1, 0.15) is 18.1 Å². The van der Waals surface area contributed by atoms with E-state index in [2.05, 4.69) is 28.3 Å². The highest BCUT2D eigenvalue weighted by Crippen LogP contribution is 2.19. The van der Waals surface area contributed by atoms with E-state index >= 15 is 0 Å². The van der Waals surface area contributed by atoms with E-state index in [1.54, 1.807) is 0 Å². The number of carboxylic acids is 1. The molecule has 0 aromatic carbocycles. The first-order valence-electron chi connectivity index (χ1n) is 10.3. The Kier molecular flexibility index (Phi) is 11.4. The lowest BCUT2D eigenvalue weighted by atomic mass is 10.1. The van der Waals surface area contributed by atoms with Crippen LogP contribution in [0.3, 0.4) is 0 Å². The summed E-state index contributed by atoms with van der Waals surface area (Å²) in [4.78, 5) is 65.3. The van der Waals surface area contributed by atoms with Gasteiger partial charge in [-0.2, -0.15) is 12.6 Å². The van der Waals surface area contributed by atoms with Crippen LogP contribution in [-0.2, 0) is 24.0 Å². The summed E-state index contributed by atoms with van der Waals surface area (Å²) < 4.78 is 0. The fraction of sp³-hybridized carbons (Fsp3) is 0.667. The predicted octanol–water partition coefficient (Wildman–Crippen LogP) is -3.78. The molecule has 0 saturated carbocycles. The minimum absolute atomic E-state index is 0.0632. The molecule has 0 aliphatic carbocycles. The highest BCUT2D eigenvalue weighted by atomic mass is 32.1. The molecule has 1 aliphatic heterocycles. The summed E-state index contributed by atoms with van der Waals surface area (Å²) in [6.07, 6.45) is 0.878. The van der Waals surface area contributed by atoms with Crippen LogP contribution in [0.1, 0.15) is 32.1 Å². The second-order valence-electron chi connectivity index (χ2n) is 7.56. The Hall–Kier alpha value is -3.07. The van der Waals surface area contributed by atoms with Crippen LogP contribution < -0.4 is 33.6 Å². The van der Waals surface area contributed by atoms with Gasteiger partial charge in [-0.1, -0.05) is 0 Å². The maximum atomic E-state index is 12.8. The van der Waals surface area contributed by atoms with Gasteiger partial charge in [-0.05, 0) is 25.7 Å². The first-order valence-corrected chi connectivity index (χ1v) is 10.9. The van der Waals surface area contributed by atoms with E-state index in [1.807, 2.05) is 0 Å². The molecule has 0 aromatic heterocycles. The van der Waals surface area contributed by atoms with Crippen LogP contribution in [0.4, 0.5) is 0 Å². The number of aliphatic imine (C=N–C) groups is 1. The lowest BCUT2D eigenvalue weighted by molar-refractivity contribution is -0.143. The quantitative estimate of drug-likeness (QED) is 0.0547. The second-order valence-corrected chi connectivity index (χ2v) is 7.92. The number of nitrogens with zero attached hydrogens (tertiary/aromatic N) is 2. The zero-order chi connectivity index (χ0) is 25.1. The highest BCUT2D eigenvalue weighted by molar-refractivity contribution is 7.80. The zero-order valence-corrected chi connectivity index (χ0v) is 19.0. The number of nitrogens with one attached hydrogen (secondary N) is 2. The third-order valence-corrected chi connectivity index (χ3v) is 5.32. The minimum Gasteiger partial charge on any atom is -0.480 e.